The minimum atomic E-state index is -0.854. The van der Waals surface area contributed by atoms with Gasteiger partial charge in [0, 0.05) is 18.8 Å². The van der Waals surface area contributed by atoms with Crippen molar-refractivity contribution in [2.75, 3.05) is 11.9 Å². The minimum absolute atomic E-state index is 0.110. The Labute approximate surface area is 144 Å². The van der Waals surface area contributed by atoms with Crippen molar-refractivity contribution in [3.63, 3.8) is 0 Å². The van der Waals surface area contributed by atoms with Crippen molar-refractivity contribution < 1.29 is 18.4 Å². The summed E-state index contributed by atoms with van der Waals surface area (Å²) in [6.07, 6.45) is 1.73. The highest BCUT2D eigenvalue weighted by molar-refractivity contribution is 6.01. The second kappa shape index (κ2) is 6.66. The van der Waals surface area contributed by atoms with Crippen molar-refractivity contribution in [2.24, 2.45) is 5.92 Å². The largest absolute Gasteiger partial charge is 0.341 e. The Morgan fingerprint density at radius 1 is 1.32 bits per heavy atom. The van der Waals surface area contributed by atoms with Crippen molar-refractivity contribution in [2.45, 2.75) is 26.4 Å². The van der Waals surface area contributed by atoms with Crippen LogP contribution in [0.25, 0.3) is 0 Å². The Bertz CT molecular complexity index is 816. The third kappa shape index (κ3) is 3.40. The van der Waals surface area contributed by atoms with Gasteiger partial charge in [0.1, 0.15) is 23.4 Å². The van der Waals surface area contributed by atoms with Crippen LogP contribution in [-0.4, -0.2) is 33.9 Å². The van der Waals surface area contributed by atoms with E-state index in [9.17, 15) is 18.4 Å². The maximum absolute atomic E-state index is 13.8. The number of hydrogen-bond acceptors (Lipinski definition) is 2. The molecule has 2 heterocycles. The van der Waals surface area contributed by atoms with Crippen LogP contribution >= 0.6 is 0 Å². The first-order chi connectivity index (χ1) is 11.9. The summed E-state index contributed by atoms with van der Waals surface area (Å²) in [6.45, 7) is 4.61. The second-order valence-corrected chi connectivity index (χ2v) is 6.53. The van der Waals surface area contributed by atoms with Crippen LogP contribution in [0.1, 0.15) is 24.3 Å². The molecule has 0 bridgehead atoms. The number of carbonyl (C=O) groups excluding carboxylic acids is 2. The molecule has 1 atom stereocenters. The van der Waals surface area contributed by atoms with Gasteiger partial charge in [-0.2, -0.15) is 0 Å². The Balaban J connectivity index is 1.87. The van der Waals surface area contributed by atoms with Crippen molar-refractivity contribution in [1.82, 2.24) is 9.47 Å². The van der Waals surface area contributed by atoms with Crippen LogP contribution in [0.4, 0.5) is 14.5 Å². The van der Waals surface area contributed by atoms with Crippen LogP contribution in [0.3, 0.4) is 0 Å². The predicted octanol–water partition coefficient (Wildman–Crippen LogP) is 2.89. The first-order valence-corrected chi connectivity index (χ1v) is 8.09. The van der Waals surface area contributed by atoms with Gasteiger partial charge in [0.05, 0.1) is 12.2 Å². The fraction of sp³-hybridized carbons (Fsp3) is 0.333. The average molecular weight is 347 g/mol. The van der Waals surface area contributed by atoms with E-state index in [1.165, 1.54) is 11.0 Å². The first kappa shape index (κ1) is 17.1. The van der Waals surface area contributed by atoms with E-state index in [4.69, 9.17) is 0 Å². The molecule has 2 aromatic rings. The molecule has 5 nitrogen and oxygen atoms in total. The van der Waals surface area contributed by atoms with Gasteiger partial charge in [-0.1, -0.05) is 13.8 Å². The number of nitrogens with one attached hydrogen (secondary N) is 1. The van der Waals surface area contributed by atoms with Crippen LogP contribution in [0.5, 0.6) is 0 Å². The Morgan fingerprint density at radius 3 is 2.76 bits per heavy atom. The molecule has 1 aromatic carbocycles. The average Bonchev–Trinajstić information content (AvgIpc) is 3.01. The van der Waals surface area contributed by atoms with Crippen molar-refractivity contribution in [1.29, 1.82) is 0 Å². The van der Waals surface area contributed by atoms with Gasteiger partial charge in [0.25, 0.3) is 5.91 Å². The quantitative estimate of drug-likeness (QED) is 0.925. The lowest BCUT2D eigenvalue weighted by atomic mass is 10.1. The Kier molecular flexibility index (Phi) is 4.57. The highest BCUT2D eigenvalue weighted by Gasteiger charge is 2.37. The number of fused-ring (bicyclic) bond motifs is 1. The van der Waals surface area contributed by atoms with E-state index >= 15 is 0 Å². The molecule has 1 N–H and O–H groups in total. The maximum atomic E-state index is 13.8. The molecule has 0 radical (unpaired) electrons. The molecule has 1 aliphatic heterocycles. The van der Waals surface area contributed by atoms with E-state index in [1.807, 2.05) is 13.8 Å². The molecule has 1 aromatic heterocycles. The number of amides is 2. The Morgan fingerprint density at radius 2 is 2.08 bits per heavy atom. The standard InChI is InChI=1S/C18H19F2N3O2/c1-11(2)9-23-16(10-22-7-3-4-15(22)18(23)25)17(24)21-14-6-5-12(19)8-13(14)20/h3-8,11,16H,9-10H2,1-2H3,(H,21,24). The number of carbonyl (C=O) groups is 2. The normalized spacial score (nSPS) is 16.9. The lowest BCUT2D eigenvalue weighted by Gasteiger charge is -2.36. The highest BCUT2D eigenvalue weighted by Crippen LogP contribution is 2.22. The molecule has 132 valence electrons. The molecule has 0 aliphatic carbocycles. The fourth-order valence-electron chi connectivity index (χ4n) is 2.98. The molecular weight excluding hydrogens is 328 g/mol. The molecule has 0 fully saturated rings. The van der Waals surface area contributed by atoms with Gasteiger partial charge in [0.2, 0.25) is 5.91 Å². The van der Waals surface area contributed by atoms with Gasteiger partial charge >= 0.3 is 0 Å². The van der Waals surface area contributed by atoms with Gasteiger partial charge in [-0.15, -0.1) is 0 Å². The molecule has 2 amide bonds. The summed E-state index contributed by atoms with van der Waals surface area (Å²) >= 11 is 0. The zero-order chi connectivity index (χ0) is 18.1. The van der Waals surface area contributed by atoms with Crippen molar-refractivity contribution in [3.8, 4) is 0 Å². The lowest BCUT2D eigenvalue weighted by Crippen LogP contribution is -2.54. The van der Waals surface area contributed by atoms with Gasteiger partial charge in [-0.3, -0.25) is 9.59 Å². The summed E-state index contributed by atoms with van der Waals surface area (Å²) in [6, 6.07) is 5.64. The highest BCUT2D eigenvalue weighted by atomic mass is 19.1. The van der Waals surface area contributed by atoms with Crippen LogP contribution in [0, 0.1) is 17.6 Å². The molecule has 0 saturated heterocycles. The number of nitrogens with zero attached hydrogens (tertiary/aromatic N) is 2. The molecule has 25 heavy (non-hydrogen) atoms. The summed E-state index contributed by atoms with van der Waals surface area (Å²) in [5.41, 5.74) is 0.416. The van der Waals surface area contributed by atoms with Crippen molar-refractivity contribution in [3.05, 3.63) is 53.9 Å². The Hall–Kier alpha value is -2.70. The van der Waals surface area contributed by atoms with E-state index in [2.05, 4.69) is 5.32 Å². The summed E-state index contributed by atoms with van der Waals surface area (Å²) in [5, 5.41) is 2.47. The van der Waals surface area contributed by atoms with Gasteiger partial charge in [-0.25, -0.2) is 8.78 Å². The molecule has 3 rings (SSSR count). The van der Waals surface area contributed by atoms with Gasteiger partial charge < -0.3 is 14.8 Å². The van der Waals surface area contributed by atoms with Crippen LogP contribution in [-0.2, 0) is 11.3 Å². The van der Waals surface area contributed by atoms with E-state index in [-0.39, 0.29) is 24.1 Å². The van der Waals surface area contributed by atoms with Gasteiger partial charge in [-0.05, 0) is 30.2 Å². The minimum Gasteiger partial charge on any atom is -0.341 e. The zero-order valence-electron chi connectivity index (χ0n) is 14.0. The number of aromatic nitrogens is 1. The van der Waals surface area contributed by atoms with Crippen LogP contribution in [0.2, 0.25) is 0 Å². The summed E-state index contributed by atoms with van der Waals surface area (Å²) < 4.78 is 28.5. The van der Waals surface area contributed by atoms with Crippen LogP contribution in [0.15, 0.2) is 36.5 Å². The van der Waals surface area contributed by atoms with E-state index in [0.717, 1.165) is 6.07 Å². The molecule has 1 unspecified atom stereocenters. The number of benzene rings is 1. The predicted molar refractivity (Wildman–Crippen MR) is 89.1 cm³/mol. The van der Waals surface area contributed by atoms with Gasteiger partial charge in [0.15, 0.2) is 0 Å². The number of rotatable bonds is 4. The molecule has 1 aliphatic rings. The monoisotopic (exact) mass is 347 g/mol. The molecular formula is C18H19F2N3O2. The summed E-state index contributed by atoms with van der Waals surface area (Å²) in [4.78, 5) is 26.9. The van der Waals surface area contributed by atoms with E-state index < -0.39 is 23.6 Å². The van der Waals surface area contributed by atoms with E-state index in [0.29, 0.717) is 18.3 Å². The molecule has 7 heteroatoms. The summed E-state index contributed by atoms with van der Waals surface area (Å²) in [7, 11) is 0. The number of hydrogen-bond donors (Lipinski definition) is 1. The topological polar surface area (TPSA) is 54.3 Å². The van der Waals surface area contributed by atoms with Crippen LogP contribution < -0.4 is 5.32 Å². The smallest absolute Gasteiger partial charge is 0.271 e. The fourth-order valence-corrected chi connectivity index (χ4v) is 2.98. The molecule has 0 spiro atoms. The number of halogens is 2. The second-order valence-electron chi connectivity index (χ2n) is 6.53. The van der Waals surface area contributed by atoms with E-state index in [1.54, 1.807) is 22.9 Å². The lowest BCUT2D eigenvalue weighted by molar-refractivity contribution is -0.121. The number of anilines is 1. The van der Waals surface area contributed by atoms with Crippen molar-refractivity contribution >= 4 is 17.5 Å². The maximum Gasteiger partial charge on any atom is 0.271 e. The third-order valence-corrected chi connectivity index (χ3v) is 4.11. The zero-order valence-corrected chi connectivity index (χ0v) is 14.0. The summed E-state index contributed by atoms with van der Waals surface area (Å²) in [5.74, 6) is -2.14. The SMILES string of the molecule is CC(C)CN1C(=O)c2cccn2CC1C(=O)Nc1ccc(F)cc1F. The first-order valence-electron chi connectivity index (χ1n) is 8.09. The third-order valence-electron chi connectivity index (χ3n) is 4.11. The molecule has 0 saturated carbocycles.